The molecule has 0 spiro atoms. The zero-order valence-electron chi connectivity index (χ0n) is 8.60. The highest BCUT2D eigenvalue weighted by Crippen LogP contribution is 2.35. The van der Waals surface area contributed by atoms with Crippen LogP contribution in [0.2, 0.25) is 0 Å². The first kappa shape index (κ1) is 11.5. The fourth-order valence-corrected chi connectivity index (χ4v) is 2.20. The van der Waals surface area contributed by atoms with E-state index in [1.807, 2.05) is 0 Å². The topological polar surface area (TPSA) is 77.8 Å². The van der Waals surface area contributed by atoms with Crippen LogP contribution >= 0.6 is 0 Å². The van der Waals surface area contributed by atoms with E-state index in [4.69, 9.17) is 5.11 Å². The van der Waals surface area contributed by atoms with Crippen molar-refractivity contribution in [1.29, 1.82) is 0 Å². The predicted octanol–water partition coefficient (Wildman–Crippen LogP) is 0.619. The van der Waals surface area contributed by atoms with Gasteiger partial charge in [0.15, 0.2) is 0 Å². The van der Waals surface area contributed by atoms with Gasteiger partial charge in [0.25, 0.3) is 0 Å². The van der Waals surface area contributed by atoms with E-state index in [0.717, 1.165) is 0 Å². The molecule has 1 aliphatic carbocycles. The molecular formula is C10H18O4. The summed E-state index contributed by atoms with van der Waals surface area (Å²) >= 11 is 0. The monoisotopic (exact) mass is 202 g/mol. The minimum Gasteiger partial charge on any atom is -0.481 e. The molecule has 82 valence electrons. The Morgan fingerprint density at radius 1 is 1.36 bits per heavy atom. The van der Waals surface area contributed by atoms with Crippen LogP contribution < -0.4 is 0 Å². The number of hydrogen-bond donors (Lipinski definition) is 3. The van der Waals surface area contributed by atoms with Crippen LogP contribution in [0, 0.1) is 11.8 Å². The fourth-order valence-electron chi connectivity index (χ4n) is 2.20. The lowest BCUT2D eigenvalue weighted by Crippen LogP contribution is -2.44. The number of aliphatic hydroxyl groups excluding tert-OH is 1. The Morgan fingerprint density at radius 2 is 1.93 bits per heavy atom. The van der Waals surface area contributed by atoms with Gasteiger partial charge in [-0.1, -0.05) is 0 Å². The molecule has 1 saturated carbocycles. The van der Waals surface area contributed by atoms with Crippen LogP contribution in [0.4, 0.5) is 0 Å². The highest BCUT2D eigenvalue weighted by molar-refractivity contribution is 5.70. The lowest BCUT2D eigenvalue weighted by molar-refractivity contribution is -0.148. The molecule has 4 heteroatoms. The molecule has 3 atom stereocenters. The first-order chi connectivity index (χ1) is 6.32. The number of aliphatic carboxylic acids is 1. The van der Waals surface area contributed by atoms with Gasteiger partial charge in [0.2, 0.25) is 0 Å². The van der Waals surface area contributed by atoms with E-state index in [-0.39, 0.29) is 12.3 Å². The van der Waals surface area contributed by atoms with Crippen molar-refractivity contribution < 1.29 is 20.1 Å². The second-order valence-corrected chi connectivity index (χ2v) is 4.68. The SMILES string of the molecule is CC(C)(O)[C@@H]1CC[C@@H](C(=O)O)C[C@H]1O. The Balaban J connectivity index is 2.61. The molecule has 14 heavy (non-hydrogen) atoms. The van der Waals surface area contributed by atoms with E-state index in [1.54, 1.807) is 13.8 Å². The number of hydrogen-bond acceptors (Lipinski definition) is 3. The van der Waals surface area contributed by atoms with Crippen LogP contribution in [-0.2, 0) is 4.79 Å². The maximum absolute atomic E-state index is 10.7. The third-order valence-electron chi connectivity index (χ3n) is 3.07. The summed E-state index contributed by atoms with van der Waals surface area (Å²) in [6, 6.07) is 0. The van der Waals surface area contributed by atoms with Gasteiger partial charge >= 0.3 is 5.97 Å². The molecular weight excluding hydrogens is 184 g/mol. The molecule has 0 amide bonds. The molecule has 0 saturated heterocycles. The Hall–Kier alpha value is -0.610. The molecule has 1 fully saturated rings. The summed E-state index contributed by atoms with van der Waals surface area (Å²) in [5.41, 5.74) is -0.928. The predicted molar refractivity (Wildman–Crippen MR) is 50.8 cm³/mol. The molecule has 1 rings (SSSR count). The second kappa shape index (κ2) is 3.87. The summed E-state index contributed by atoms with van der Waals surface area (Å²) < 4.78 is 0. The Morgan fingerprint density at radius 3 is 2.29 bits per heavy atom. The third kappa shape index (κ3) is 2.45. The van der Waals surface area contributed by atoms with Gasteiger partial charge < -0.3 is 15.3 Å². The van der Waals surface area contributed by atoms with Crippen molar-refractivity contribution in [2.24, 2.45) is 11.8 Å². The fraction of sp³-hybridized carbons (Fsp3) is 0.900. The molecule has 0 aliphatic heterocycles. The maximum atomic E-state index is 10.7. The van der Waals surface area contributed by atoms with Crippen LogP contribution in [0.25, 0.3) is 0 Å². The largest absolute Gasteiger partial charge is 0.481 e. The molecule has 0 radical (unpaired) electrons. The van der Waals surface area contributed by atoms with Crippen LogP contribution in [0.3, 0.4) is 0 Å². The highest BCUT2D eigenvalue weighted by Gasteiger charge is 2.39. The van der Waals surface area contributed by atoms with E-state index in [9.17, 15) is 15.0 Å². The van der Waals surface area contributed by atoms with Gasteiger partial charge in [0.1, 0.15) is 0 Å². The average Bonchev–Trinajstić information content (AvgIpc) is 2.01. The Labute approximate surface area is 83.6 Å². The van der Waals surface area contributed by atoms with Crippen LogP contribution in [0.5, 0.6) is 0 Å². The summed E-state index contributed by atoms with van der Waals surface area (Å²) in [5, 5.41) is 28.2. The number of carboxylic acids is 1. The van der Waals surface area contributed by atoms with E-state index < -0.39 is 23.6 Å². The van der Waals surface area contributed by atoms with Gasteiger partial charge in [-0.15, -0.1) is 0 Å². The number of aliphatic hydroxyl groups is 2. The quantitative estimate of drug-likeness (QED) is 0.613. The van der Waals surface area contributed by atoms with E-state index >= 15 is 0 Å². The molecule has 0 bridgehead atoms. The summed E-state index contributed by atoms with van der Waals surface area (Å²) in [6.07, 6.45) is 0.664. The Bertz CT molecular complexity index is 219. The average molecular weight is 202 g/mol. The number of rotatable bonds is 2. The summed E-state index contributed by atoms with van der Waals surface area (Å²) in [7, 11) is 0. The smallest absolute Gasteiger partial charge is 0.306 e. The zero-order chi connectivity index (χ0) is 10.9. The lowest BCUT2D eigenvalue weighted by Gasteiger charge is -2.38. The normalized spacial score (nSPS) is 34.1. The molecule has 1 aliphatic rings. The molecule has 0 unspecified atom stereocenters. The van der Waals surface area contributed by atoms with Crippen molar-refractivity contribution in [3.63, 3.8) is 0 Å². The van der Waals surface area contributed by atoms with Crippen LogP contribution in [0.15, 0.2) is 0 Å². The number of carbonyl (C=O) groups is 1. The minimum absolute atomic E-state index is 0.210. The van der Waals surface area contributed by atoms with Crippen molar-refractivity contribution in [3.8, 4) is 0 Å². The zero-order valence-corrected chi connectivity index (χ0v) is 8.60. The van der Waals surface area contributed by atoms with E-state index in [1.165, 1.54) is 0 Å². The Kier molecular flexibility index (Phi) is 3.17. The summed E-state index contributed by atoms with van der Waals surface area (Å²) in [5.74, 6) is -1.51. The van der Waals surface area contributed by atoms with Crippen LogP contribution in [-0.4, -0.2) is 33.0 Å². The summed E-state index contributed by atoms with van der Waals surface area (Å²) in [4.78, 5) is 10.7. The molecule has 0 aromatic heterocycles. The van der Waals surface area contributed by atoms with Crippen molar-refractivity contribution >= 4 is 5.97 Å². The second-order valence-electron chi connectivity index (χ2n) is 4.68. The summed E-state index contributed by atoms with van der Waals surface area (Å²) in [6.45, 7) is 3.31. The first-order valence-corrected chi connectivity index (χ1v) is 4.95. The lowest BCUT2D eigenvalue weighted by atomic mass is 9.73. The van der Waals surface area contributed by atoms with Gasteiger partial charge in [-0.25, -0.2) is 0 Å². The van der Waals surface area contributed by atoms with Crippen molar-refractivity contribution in [2.45, 2.75) is 44.8 Å². The maximum Gasteiger partial charge on any atom is 0.306 e. The van der Waals surface area contributed by atoms with Gasteiger partial charge in [-0.05, 0) is 33.1 Å². The van der Waals surface area contributed by atoms with Gasteiger partial charge in [0.05, 0.1) is 17.6 Å². The molecule has 0 aromatic rings. The minimum atomic E-state index is -0.928. The highest BCUT2D eigenvalue weighted by atomic mass is 16.4. The number of carboxylic acid groups (broad SMARTS) is 1. The van der Waals surface area contributed by atoms with Crippen molar-refractivity contribution in [3.05, 3.63) is 0 Å². The first-order valence-electron chi connectivity index (χ1n) is 4.95. The van der Waals surface area contributed by atoms with Gasteiger partial charge in [-0.2, -0.15) is 0 Å². The van der Waals surface area contributed by atoms with E-state index in [0.29, 0.717) is 12.8 Å². The molecule has 0 heterocycles. The van der Waals surface area contributed by atoms with Crippen molar-refractivity contribution in [2.75, 3.05) is 0 Å². The van der Waals surface area contributed by atoms with Crippen molar-refractivity contribution in [1.82, 2.24) is 0 Å². The van der Waals surface area contributed by atoms with Gasteiger partial charge in [0, 0.05) is 5.92 Å². The molecule has 3 N–H and O–H groups in total. The van der Waals surface area contributed by atoms with Gasteiger partial charge in [-0.3, -0.25) is 4.79 Å². The van der Waals surface area contributed by atoms with Crippen LogP contribution in [0.1, 0.15) is 33.1 Å². The molecule has 4 nitrogen and oxygen atoms in total. The molecule has 0 aromatic carbocycles. The van der Waals surface area contributed by atoms with E-state index in [2.05, 4.69) is 0 Å². The third-order valence-corrected chi connectivity index (χ3v) is 3.07. The standard InChI is InChI=1S/C10H18O4/c1-10(2,14)7-4-3-6(9(12)13)5-8(7)11/h6-8,11,14H,3-5H2,1-2H3,(H,12,13)/t6-,7-,8-/m1/s1.